The van der Waals surface area contributed by atoms with Gasteiger partial charge >= 0.3 is 0 Å². The first kappa shape index (κ1) is 16.1. The van der Waals surface area contributed by atoms with Gasteiger partial charge in [-0.05, 0) is 37.6 Å². The molecule has 2 amide bonds. The van der Waals surface area contributed by atoms with Gasteiger partial charge in [-0.2, -0.15) is 0 Å². The van der Waals surface area contributed by atoms with Crippen molar-refractivity contribution in [1.82, 2.24) is 0 Å². The molecule has 5 heteroatoms. The van der Waals surface area contributed by atoms with Crippen molar-refractivity contribution in [1.29, 1.82) is 0 Å². The van der Waals surface area contributed by atoms with Gasteiger partial charge in [-0.15, -0.1) is 0 Å². The second kappa shape index (κ2) is 6.74. The molecule has 1 N–H and O–H groups in total. The Balaban J connectivity index is 1.68. The first-order chi connectivity index (χ1) is 11.6. The minimum absolute atomic E-state index is 0.117. The summed E-state index contributed by atoms with van der Waals surface area (Å²) < 4.78 is 5.60. The number of benzene rings is 2. The smallest absolute Gasteiger partial charge is 0.267 e. The lowest BCUT2D eigenvalue weighted by atomic mass is 10.1. The van der Waals surface area contributed by atoms with E-state index in [4.69, 9.17) is 4.74 Å². The standard InChI is InChI=1S/C19H20N2O3/c1-13-7-3-4-8-15(13)20-18(22)11-12-21-16-9-5-6-10-17(16)24-14(2)19(21)23/h3-10,14H,11-12H2,1-2H3,(H,20,22)/t14-/m0/s1. The van der Waals surface area contributed by atoms with E-state index in [1.54, 1.807) is 11.8 Å². The fourth-order valence-corrected chi connectivity index (χ4v) is 2.73. The molecule has 0 radical (unpaired) electrons. The van der Waals surface area contributed by atoms with Crippen LogP contribution < -0.4 is 15.0 Å². The predicted octanol–water partition coefficient (Wildman–Crippen LogP) is 3.14. The van der Waals surface area contributed by atoms with E-state index < -0.39 is 6.10 Å². The Morgan fingerprint density at radius 1 is 1.17 bits per heavy atom. The third-order valence-corrected chi connectivity index (χ3v) is 4.06. The monoisotopic (exact) mass is 324 g/mol. The Kier molecular flexibility index (Phi) is 4.51. The van der Waals surface area contributed by atoms with Crippen molar-refractivity contribution in [3.8, 4) is 5.75 Å². The van der Waals surface area contributed by atoms with E-state index in [1.165, 1.54) is 0 Å². The van der Waals surface area contributed by atoms with Crippen LogP contribution in [0.1, 0.15) is 18.9 Å². The Labute approximate surface area is 141 Å². The van der Waals surface area contributed by atoms with Crippen molar-refractivity contribution in [2.24, 2.45) is 0 Å². The number of fused-ring (bicyclic) bond motifs is 1. The number of anilines is 2. The van der Waals surface area contributed by atoms with Crippen LogP contribution in [0, 0.1) is 6.92 Å². The molecular formula is C19H20N2O3. The highest BCUT2D eigenvalue weighted by molar-refractivity contribution is 6.00. The third-order valence-electron chi connectivity index (χ3n) is 4.06. The molecule has 2 aromatic carbocycles. The molecule has 0 fully saturated rings. The number of para-hydroxylation sites is 3. The molecule has 1 atom stereocenters. The molecule has 5 nitrogen and oxygen atoms in total. The predicted molar refractivity (Wildman–Crippen MR) is 93.3 cm³/mol. The van der Waals surface area contributed by atoms with E-state index in [2.05, 4.69) is 5.32 Å². The van der Waals surface area contributed by atoms with Gasteiger partial charge in [0.25, 0.3) is 5.91 Å². The second-order valence-corrected chi connectivity index (χ2v) is 5.83. The van der Waals surface area contributed by atoms with Gasteiger partial charge in [-0.3, -0.25) is 9.59 Å². The van der Waals surface area contributed by atoms with Gasteiger partial charge in [0.05, 0.1) is 5.69 Å². The molecular weight excluding hydrogens is 304 g/mol. The van der Waals surface area contributed by atoms with Crippen molar-refractivity contribution in [2.45, 2.75) is 26.4 Å². The molecule has 1 aliphatic rings. The normalized spacial score (nSPS) is 16.3. The lowest BCUT2D eigenvalue weighted by Gasteiger charge is -2.32. The van der Waals surface area contributed by atoms with Gasteiger partial charge in [0.1, 0.15) is 5.75 Å². The Hall–Kier alpha value is -2.82. The summed E-state index contributed by atoms with van der Waals surface area (Å²) in [5, 5.41) is 2.89. The van der Waals surface area contributed by atoms with Crippen LogP contribution in [0.15, 0.2) is 48.5 Å². The summed E-state index contributed by atoms with van der Waals surface area (Å²) in [5.41, 5.74) is 2.51. The third kappa shape index (κ3) is 3.25. The SMILES string of the molecule is Cc1ccccc1NC(=O)CCN1C(=O)[C@H](C)Oc2ccccc21. The van der Waals surface area contributed by atoms with Gasteiger partial charge in [0.15, 0.2) is 6.10 Å². The van der Waals surface area contributed by atoms with Crippen LogP contribution in [-0.4, -0.2) is 24.5 Å². The van der Waals surface area contributed by atoms with E-state index in [0.717, 1.165) is 11.3 Å². The highest BCUT2D eigenvalue weighted by Crippen LogP contribution is 2.33. The van der Waals surface area contributed by atoms with Gasteiger partial charge < -0.3 is 15.0 Å². The molecule has 3 rings (SSSR count). The van der Waals surface area contributed by atoms with E-state index >= 15 is 0 Å². The summed E-state index contributed by atoms with van der Waals surface area (Å²) >= 11 is 0. The van der Waals surface area contributed by atoms with Crippen molar-refractivity contribution in [3.63, 3.8) is 0 Å². The minimum atomic E-state index is -0.542. The van der Waals surface area contributed by atoms with E-state index in [1.807, 2.05) is 55.5 Å². The zero-order valence-corrected chi connectivity index (χ0v) is 13.8. The zero-order valence-electron chi connectivity index (χ0n) is 13.8. The topological polar surface area (TPSA) is 58.6 Å². The number of aryl methyl sites for hydroxylation is 1. The fourth-order valence-electron chi connectivity index (χ4n) is 2.73. The average Bonchev–Trinajstić information content (AvgIpc) is 2.57. The number of rotatable bonds is 4. The number of nitrogens with one attached hydrogen (secondary N) is 1. The molecule has 2 aromatic rings. The van der Waals surface area contributed by atoms with Crippen molar-refractivity contribution >= 4 is 23.2 Å². The van der Waals surface area contributed by atoms with Crippen molar-refractivity contribution in [2.75, 3.05) is 16.8 Å². The van der Waals surface area contributed by atoms with Crippen LogP contribution >= 0.6 is 0 Å². The number of nitrogens with zero attached hydrogens (tertiary/aromatic N) is 1. The Bertz CT molecular complexity index is 773. The number of hydrogen-bond donors (Lipinski definition) is 1. The number of ether oxygens (including phenoxy) is 1. The van der Waals surface area contributed by atoms with Gasteiger partial charge in [-0.1, -0.05) is 30.3 Å². The van der Waals surface area contributed by atoms with E-state index in [-0.39, 0.29) is 18.2 Å². The lowest BCUT2D eigenvalue weighted by Crippen LogP contribution is -2.45. The van der Waals surface area contributed by atoms with Crippen molar-refractivity contribution in [3.05, 3.63) is 54.1 Å². The summed E-state index contributed by atoms with van der Waals surface area (Å²) in [6.07, 6.45) is -0.319. The fraction of sp³-hybridized carbons (Fsp3) is 0.263. The molecule has 0 unspecified atom stereocenters. The molecule has 1 aliphatic heterocycles. The summed E-state index contributed by atoms with van der Waals surface area (Å²) in [5.74, 6) is 0.426. The first-order valence-corrected chi connectivity index (χ1v) is 7.99. The maximum atomic E-state index is 12.4. The number of carbonyl (C=O) groups is 2. The molecule has 24 heavy (non-hydrogen) atoms. The summed E-state index contributed by atoms with van der Waals surface area (Å²) in [6.45, 7) is 3.99. The second-order valence-electron chi connectivity index (χ2n) is 5.83. The first-order valence-electron chi connectivity index (χ1n) is 7.99. The largest absolute Gasteiger partial charge is 0.479 e. The molecule has 0 bridgehead atoms. The molecule has 0 saturated heterocycles. The zero-order chi connectivity index (χ0) is 17.1. The van der Waals surface area contributed by atoms with Crippen LogP contribution in [0.2, 0.25) is 0 Å². The van der Waals surface area contributed by atoms with Crippen LogP contribution in [0.5, 0.6) is 5.75 Å². The Morgan fingerprint density at radius 3 is 2.67 bits per heavy atom. The molecule has 0 saturated carbocycles. The maximum Gasteiger partial charge on any atom is 0.267 e. The molecule has 0 aliphatic carbocycles. The maximum absolute atomic E-state index is 12.4. The molecule has 0 spiro atoms. The highest BCUT2D eigenvalue weighted by Gasteiger charge is 2.31. The van der Waals surface area contributed by atoms with Crippen LogP contribution in [0.4, 0.5) is 11.4 Å². The molecule has 0 aromatic heterocycles. The van der Waals surface area contributed by atoms with Crippen LogP contribution in [0.25, 0.3) is 0 Å². The minimum Gasteiger partial charge on any atom is -0.479 e. The number of hydrogen-bond acceptors (Lipinski definition) is 3. The number of carbonyl (C=O) groups excluding carboxylic acids is 2. The van der Waals surface area contributed by atoms with Gasteiger partial charge in [0, 0.05) is 18.7 Å². The molecule has 1 heterocycles. The Morgan fingerprint density at radius 2 is 1.88 bits per heavy atom. The van der Waals surface area contributed by atoms with Crippen LogP contribution in [-0.2, 0) is 9.59 Å². The van der Waals surface area contributed by atoms with Gasteiger partial charge in [0.2, 0.25) is 5.91 Å². The summed E-state index contributed by atoms with van der Waals surface area (Å²) in [6, 6.07) is 15.0. The lowest BCUT2D eigenvalue weighted by molar-refractivity contribution is -0.125. The molecule has 124 valence electrons. The van der Waals surface area contributed by atoms with E-state index in [9.17, 15) is 9.59 Å². The van der Waals surface area contributed by atoms with E-state index in [0.29, 0.717) is 18.0 Å². The summed E-state index contributed by atoms with van der Waals surface area (Å²) in [7, 11) is 0. The average molecular weight is 324 g/mol. The van der Waals surface area contributed by atoms with Gasteiger partial charge in [-0.25, -0.2) is 0 Å². The summed E-state index contributed by atoms with van der Waals surface area (Å²) in [4.78, 5) is 26.2. The van der Waals surface area contributed by atoms with Crippen LogP contribution in [0.3, 0.4) is 0 Å². The number of amides is 2. The highest BCUT2D eigenvalue weighted by atomic mass is 16.5. The van der Waals surface area contributed by atoms with Crippen molar-refractivity contribution < 1.29 is 14.3 Å². The quantitative estimate of drug-likeness (QED) is 0.940.